The Hall–Kier alpha value is -2.63. The molecule has 1 aromatic heterocycles. The van der Waals surface area contributed by atoms with Crippen molar-refractivity contribution in [3.05, 3.63) is 42.7 Å². The molecule has 0 saturated carbocycles. The van der Waals surface area contributed by atoms with Crippen molar-refractivity contribution in [2.24, 2.45) is 11.8 Å². The number of carboxylic acid groups (broad SMARTS) is 1. The number of aromatic nitrogens is 2. The molecule has 0 aliphatic carbocycles. The highest BCUT2D eigenvalue weighted by atomic mass is 16.4. The molecule has 1 fully saturated rings. The van der Waals surface area contributed by atoms with E-state index in [-0.39, 0.29) is 5.92 Å². The minimum atomic E-state index is -0.734. The highest BCUT2D eigenvalue weighted by molar-refractivity contribution is 5.71. The lowest BCUT2D eigenvalue weighted by Gasteiger charge is -2.35. The second-order valence-electron chi connectivity index (χ2n) is 6.41. The van der Waals surface area contributed by atoms with Crippen LogP contribution in [-0.2, 0) is 4.79 Å². The molecule has 6 heteroatoms. The summed E-state index contributed by atoms with van der Waals surface area (Å²) in [6.45, 7) is 3.39. The van der Waals surface area contributed by atoms with E-state index in [2.05, 4.69) is 21.8 Å². The van der Waals surface area contributed by atoms with Crippen molar-refractivity contribution in [2.75, 3.05) is 29.9 Å². The Labute approximate surface area is 141 Å². The second-order valence-corrected chi connectivity index (χ2v) is 6.41. The first-order valence-corrected chi connectivity index (χ1v) is 8.13. The maximum absolute atomic E-state index is 11.4. The van der Waals surface area contributed by atoms with Gasteiger partial charge in [-0.1, -0.05) is 25.1 Å². The van der Waals surface area contributed by atoms with Gasteiger partial charge in [-0.25, -0.2) is 9.97 Å². The molecule has 0 bridgehead atoms. The Morgan fingerprint density at radius 3 is 2.71 bits per heavy atom. The molecule has 0 radical (unpaired) electrons. The van der Waals surface area contributed by atoms with Gasteiger partial charge in [-0.15, -0.1) is 0 Å². The number of benzene rings is 1. The van der Waals surface area contributed by atoms with Crippen LogP contribution in [0.3, 0.4) is 0 Å². The summed E-state index contributed by atoms with van der Waals surface area (Å²) < 4.78 is 0. The third-order valence-electron chi connectivity index (χ3n) is 4.46. The number of carbonyl (C=O) groups is 1. The summed E-state index contributed by atoms with van der Waals surface area (Å²) in [7, 11) is 1.96. The lowest BCUT2D eigenvalue weighted by molar-refractivity contribution is -0.142. The molecule has 1 aliphatic rings. The fourth-order valence-corrected chi connectivity index (χ4v) is 3.19. The average Bonchev–Trinajstić information content (AvgIpc) is 2.61. The van der Waals surface area contributed by atoms with E-state index in [0.717, 1.165) is 23.9 Å². The van der Waals surface area contributed by atoms with Crippen LogP contribution in [0.25, 0.3) is 0 Å². The third-order valence-corrected chi connectivity index (χ3v) is 4.46. The zero-order chi connectivity index (χ0) is 17.1. The number of piperidine rings is 1. The summed E-state index contributed by atoms with van der Waals surface area (Å²) in [6, 6.07) is 11.9. The topological polar surface area (TPSA) is 69.6 Å². The van der Waals surface area contributed by atoms with E-state index in [4.69, 9.17) is 0 Å². The van der Waals surface area contributed by atoms with Crippen molar-refractivity contribution in [3.63, 3.8) is 0 Å². The molecule has 3 rings (SSSR count). The minimum absolute atomic E-state index is 0.324. The molecule has 1 saturated heterocycles. The number of aliphatic carboxylic acids is 1. The van der Waals surface area contributed by atoms with Crippen LogP contribution in [0.15, 0.2) is 42.7 Å². The normalized spacial score (nSPS) is 20.7. The summed E-state index contributed by atoms with van der Waals surface area (Å²) in [5.41, 5.74) is 1.04. The van der Waals surface area contributed by atoms with E-state index >= 15 is 0 Å². The third kappa shape index (κ3) is 3.48. The largest absolute Gasteiger partial charge is 0.481 e. The number of para-hydroxylation sites is 1. The van der Waals surface area contributed by atoms with Crippen LogP contribution >= 0.6 is 0 Å². The number of rotatable bonds is 4. The number of hydrogen-bond acceptors (Lipinski definition) is 5. The standard InChI is InChI=1S/C18H22N4O2/c1-13-8-14(18(23)24)11-22(10-13)17-9-16(19-12-20-17)21(2)15-6-4-3-5-7-15/h3-7,9,12-14H,8,10-11H2,1-2H3,(H,23,24). The van der Waals surface area contributed by atoms with Gasteiger partial charge in [0.25, 0.3) is 0 Å². The van der Waals surface area contributed by atoms with Crippen LogP contribution in [0.1, 0.15) is 13.3 Å². The van der Waals surface area contributed by atoms with Gasteiger partial charge < -0.3 is 14.9 Å². The number of carboxylic acids is 1. The molecule has 2 unspecified atom stereocenters. The van der Waals surface area contributed by atoms with Crippen LogP contribution in [-0.4, -0.2) is 41.2 Å². The van der Waals surface area contributed by atoms with Crippen molar-refractivity contribution in [2.45, 2.75) is 13.3 Å². The van der Waals surface area contributed by atoms with E-state index in [1.54, 1.807) is 6.33 Å². The van der Waals surface area contributed by atoms with Crippen molar-refractivity contribution < 1.29 is 9.90 Å². The van der Waals surface area contributed by atoms with Crippen molar-refractivity contribution in [1.82, 2.24) is 9.97 Å². The molecule has 0 amide bonds. The summed E-state index contributed by atoms with van der Waals surface area (Å²) >= 11 is 0. The van der Waals surface area contributed by atoms with Gasteiger partial charge in [0.1, 0.15) is 18.0 Å². The van der Waals surface area contributed by atoms with Gasteiger partial charge in [0.05, 0.1) is 5.92 Å². The molecule has 1 N–H and O–H groups in total. The Bertz CT molecular complexity index is 707. The highest BCUT2D eigenvalue weighted by Crippen LogP contribution is 2.28. The van der Waals surface area contributed by atoms with Crippen LogP contribution < -0.4 is 9.80 Å². The van der Waals surface area contributed by atoms with Crippen molar-refractivity contribution in [1.29, 1.82) is 0 Å². The molecule has 24 heavy (non-hydrogen) atoms. The molecule has 2 aromatic rings. The van der Waals surface area contributed by atoms with Crippen molar-refractivity contribution >= 4 is 23.3 Å². The average molecular weight is 326 g/mol. The second kappa shape index (κ2) is 6.86. The zero-order valence-electron chi connectivity index (χ0n) is 14.0. The number of nitrogens with zero attached hydrogens (tertiary/aromatic N) is 4. The van der Waals surface area contributed by atoms with Gasteiger partial charge in [-0.05, 0) is 24.5 Å². The first-order chi connectivity index (χ1) is 11.5. The number of anilines is 3. The van der Waals surface area contributed by atoms with Gasteiger partial charge in [0.2, 0.25) is 0 Å². The highest BCUT2D eigenvalue weighted by Gasteiger charge is 2.30. The Balaban J connectivity index is 1.83. The van der Waals surface area contributed by atoms with E-state index in [1.165, 1.54) is 0 Å². The van der Waals surface area contributed by atoms with Crippen LogP contribution in [0.5, 0.6) is 0 Å². The quantitative estimate of drug-likeness (QED) is 0.932. The Kier molecular flexibility index (Phi) is 4.64. The maximum Gasteiger partial charge on any atom is 0.308 e. The van der Waals surface area contributed by atoms with Gasteiger partial charge in [-0.2, -0.15) is 0 Å². The fraction of sp³-hybridized carbons (Fsp3) is 0.389. The molecular formula is C18H22N4O2. The van der Waals surface area contributed by atoms with Crippen LogP contribution in [0.2, 0.25) is 0 Å². The summed E-state index contributed by atoms with van der Waals surface area (Å²) in [6.07, 6.45) is 2.26. The first kappa shape index (κ1) is 16.2. The molecule has 1 aliphatic heterocycles. The molecule has 2 atom stereocenters. The van der Waals surface area contributed by atoms with Gasteiger partial charge in [0, 0.05) is 31.9 Å². The molecule has 6 nitrogen and oxygen atoms in total. The fourth-order valence-electron chi connectivity index (χ4n) is 3.19. The minimum Gasteiger partial charge on any atom is -0.481 e. The zero-order valence-corrected chi connectivity index (χ0v) is 14.0. The first-order valence-electron chi connectivity index (χ1n) is 8.13. The molecule has 126 valence electrons. The predicted octanol–water partition coefficient (Wildman–Crippen LogP) is 2.79. The van der Waals surface area contributed by atoms with Crippen LogP contribution in [0.4, 0.5) is 17.3 Å². The number of hydrogen-bond donors (Lipinski definition) is 1. The monoisotopic (exact) mass is 326 g/mol. The maximum atomic E-state index is 11.4. The van der Waals surface area contributed by atoms with Gasteiger partial charge in [0.15, 0.2) is 0 Å². The molecule has 1 aromatic carbocycles. The summed E-state index contributed by atoms with van der Waals surface area (Å²) in [4.78, 5) is 24.1. The lowest BCUT2D eigenvalue weighted by atomic mass is 9.90. The lowest BCUT2D eigenvalue weighted by Crippen LogP contribution is -2.43. The van der Waals surface area contributed by atoms with Gasteiger partial charge in [-0.3, -0.25) is 4.79 Å². The molecule has 2 heterocycles. The summed E-state index contributed by atoms with van der Waals surface area (Å²) in [5.74, 6) is 0.809. The Morgan fingerprint density at radius 2 is 2.00 bits per heavy atom. The van der Waals surface area contributed by atoms with E-state index in [0.29, 0.717) is 18.9 Å². The SMILES string of the molecule is CC1CC(C(=O)O)CN(c2cc(N(C)c3ccccc3)ncn2)C1. The summed E-state index contributed by atoms with van der Waals surface area (Å²) in [5, 5.41) is 9.34. The molecular weight excluding hydrogens is 304 g/mol. The Morgan fingerprint density at radius 1 is 1.25 bits per heavy atom. The van der Waals surface area contributed by atoms with Crippen LogP contribution in [0, 0.1) is 11.8 Å². The molecule has 0 spiro atoms. The van der Waals surface area contributed by atoms with E-state index in [1.807, 2.05) is 48.3 Å². The van der Waals surface area contributed by atoms with Gasteiger partial charge >= 0.3 is 5.97 Å². The van der Waals surface area contributed by atoms with Crippen molar-refractivity contribution in [3.8, 4) is 0 Å². The predicted molar refractivity (Wildman–Crippen MR) is 93.7 cm³/mol. The van der Waals surface area contributed by atoms with E-state index < -0.39 is 5.97 Å². The smallest absolute Gasteiger partial charge is 0.308 e. The van der Waals surface area contributed by atoms with E-state index in [9.17, 15) is 9.90 Å².